The summed E-state index contributed by atoms with van der Waals surface area (Å²) in [5.74, 6) is -0.852. The Morgan fingerprint density at radius 2 is 2.06 bits per heavy atom. The summed E-state index contributed by atoms with van der Waals surface area (Å²) in [5, 5.41) is 0. The number of benzene rings is 1. The first-order valence-electron chi connectivity index (χ1n) is 5.74. The van der Waals surface area contributed by atoms with Gasteiger partial charge in [-0.15, -0.1) is 0 Å². The molecular weight excluding hydrogens is 230 g/mol. The van der Waals surface area contributed by atoms with Crippen molar-refractivity contribution in [1.29, 1.82) is 0 Å². The van der Waals surface area contributed by atoms with Crippen LogP contribution in [-0.2, 0) is 16.1 Å². The number of likely N-dealkylation sites (N-methyl/N-ethyl adjacent to an activating group) is 1. The lowest BCUT2D eigenvalue weighted by Gasteiger charge is -2.20. The van der Waals surface area contributed by atoms with Gasteiger partial charge in [0.15, 0.2) is 0 Å². The second-order valence-electron chi connectivity index (χ2n) is 4.46. The van der Waals surface area contributed by atoms with Crippen molar-refractivity contribution < 1.29 is 9.59 Å². The van der Waals surface area contributed by atoms with Crippen LogP contribution < -0.4 is 11.5 Å². The lowest BCUT2D eigenvalue weighted by atomic mass is 10.1. The number of hydrogen-bond donors (Lipinski definition) is 2. The molecule has 2 amide bonds. The molecule has 0 bridgehead atoms. The van der Waals surface area contributed by atoms with E-state index in [4.69, 9.17) is 11.5 Å². The molecule has 18 heavy (non-hydrogen) atoms. The maximum atomic E-state index is 11.9. The van der Waals surface area contributed by atoms with Crippen LogP contribution in [0.4, 0.5) is 0 Å². The average molecular weight is 249 g/mol. The zero-order valence-corrected chi connectivity index (χ0v) is 10.7. The Morgan fingerprint density at radius 3 is 2.61 bits per heavy atom. The van der Waals surface area contributed by atoms with Crippen LogP contribution in [0.3, 0.4) is 0 Å². The topological polar surface area (TPSA) is 89.4 Å². The van der Waals surface area contributed by atoms with Crippen molar-refractivity contribution in [3.05, 3.63) is 35.4 Å². The minimum Gasteiger partial charge on any atom is -0.370 e. The molecule has 1 aromatic carbocycles. The molecule has 4 N–H and O–H groups in total. The highest BCUT2D eigenvalue weighted by Crippen LogP contribution is 2.07. The van der Waals surface area contributed by atoms with E-state index in [9.17, 15) is 9.59 Å². The van der Waals surface area contributed by atoms with E-state index in [-0.39, 0.29) is 12.3 Å². The summed E-state index contributed by atoms with van der Waals surface area (Å²) in [6.45, 7) is 2.46. The highest BCUT2D eigenvalue weighted by Gasteiger charge is 2.19. The van der Waals surface area contributed by atoms with Gasteiger partial charge < -0.3 is 16.4 Å². The molecule has 0 aliphatic rings. The van der Waals surface area contributed by atoms with E-state index < -0.39 is 11.9 Å². The first-order chi connectivity index (χ1) is 8.40. The van der Waals surface area contributed by atoms with Crippen LogP contribution in [0.15, 0.2) is 24.3 Å². The number of rotatable bonds is 5. The Morgan fingerprint density at radius 1 is 1.39 bits per heavy atom. The number of aryl methyl sites for hydroxylation is 1. The first kappa shape index (κ1) is 14.2. The van der Waals surface area contributed by atoms with Crippen LogP contribution in [0.2, 0.25) is 0 Å². The molecule has 0 aromatic heterocycles. The molecule has 0 aliphatic heterocycles. The van der Waals surface area contributed by atoms with Crippen molar-refractivity contribution in [3.63, 3.8) is 0 Å². The molecule has 0 spiro atoms. The van der Waals surface area contributed by atoms with Gasteiger partial charge in [0, 0.05) is 13.6 Å². The number of amides is 2. The second kappa shape index (κ2) is 6.16. The van der Waals surface area contributed by atoms with Crippen molar-refractivity contribution in [1.82, 2.24) is 4.90 Å². The number of carbonyl (C=O) groups is 2. The molecule has 1 aromatic rings. The Kier molecular flexibility index (Phi) is 4.85. The van der Waals surface area contributed by atoms with Crippen molar-refractivity contribution in [2.45, 2.75) is 25.9 Å². The van der Waals surface area contributed by atoms with Gasteiger partial charge in [0.25, 0.3) is 0 Å². The smallest absolute Gasteiger partial charge is 0.240 e. The van der Waals surface area contributed by atoms with Gasteiger partial charge in [0.05, 0.1) is 12.5 Å². The van der Waals surface area contributed by atoms with E-state index in [2.05, 4.69) is 0 Å². The normalized spacial score (nSPS) is 11.9. The zero-order chi connectivity index (χ0) is 13.7. The van der Waals surface area contributed by atoms with Gasteiger partial charge in [-0.25, -0.2) is 0 Å². The minimum absolute atomic E-state index is 0.128. The summed E-state index contributed by atoms with van der Waals surface area (Å²) in [7, 11) is 1.66. The fourth-order valence-corrected chi connectivity index (χ4v) is 1.75. The fraction of sp³-hybridized carbons (Fsp3) is 0.385. The lowest BCUT2D eigenvalue weighted by Crippen LogP contribution is -2.43. The van der Waals surface area contributed by atoms with Crippen molar-refractivity contribution >= 4 is 11.8 Å². The summed E-state index contributed by atoms with van der Waals surface area (Å²) in [4.78, 5) is 24.1. The minimum atomic E-state index is -0.864. The molecule has 0 saturated heterocycles. The highest BCUT2D eigenvalue weighted by atomic mass is 16.2. The van der Waals surface area contributed by atoms with Crippen LogP contribution in [0, 0.1) is 6.92 Å². The van der Waals surface area contributed by atoms with Crippen molar-refractivity contribution in [2.75, 3.05) is 7.05 Å². The van der Waals surface area contributed by atoms with E-state index in [1.165, 1.54) is 4.90 Å². The molecule has 1 rings (SSSR count). The van der Waals surface area contributed by atoms with Crippen LogP contribution in [-0.4, -0.2) is 29.8 Å². The SMILES string of the molecule is Cc1cccc(CN(C)C(=O)C(N)CC(N)=O)c1. The third-order valence-electron chi connectivity index (χ3n) is 2.62. The molecular formula is C13H19N3O2. The number of nitrogens with two attached hydrogens (primary N) is 2. The molecule has 5 heteroatoms. The summed E-state index contributed by atoms with van der Waals surface area (Å²) in [6.07, 6.45) is -0.128. The van der Waals surface area contributed by atoms with Crippen LogP contribution in [0.5, 0.6) is 0 Å². The molecule has 1 unspecified atom stereocenters. The van der Waals surface area contributed by atoms with Crippen LogP contribution >= 0.6 is 0 Å². The Labute approximate surface area is 107 Å². The van der Waals surface area contributed by atoms with Gasteiger partial charge in [0.2, 0.25) is 11.8 Å². The third-order valence-corrected chi connectivity index (χ3v) is 2.62. The van der Waals surface area contributed by atoms with Gasteiger partial charge in [-0.1, -0.05) is 29.8 Å². The van der Waals surface area contributed by atoms with Gasteiger partial charge in [-0.2, -0.15) is 0 Å². The molecule has 0 aliphatic carbocycles. The average Bonchev–Trinajstić information content (AvgIpc) is 2.27. The fourth-order valence-electron chi connectivity index (χ4n) is 1.75. The number of carbonyl (C=O) groups excluding carboxylic acids is 2. The predicted octanol–water partition coefficient (Wildman–Crippen LogP) is 0.156. The quantitative estimate of drug-likeness (QED) is 0.778. The highest BCUT2D eigenvalue weighted by molar-refractivity contribution is 5.87. The number of hydrogen-bond acceptors (Lipinski definition) is 3. The summed E-state index contributed by atoms with van der Waals surface area (Å²) in [5.41, 5.74) is 12.8. The van der Waals surface area contributed by atoms with Gasteiger partial charge in [0.1, 0.15) is 0 Å². The Hall–Kier alpha value is -1.88. The molecule has 0 radical (unpaired) electrons. The van der Waals surface area contributed by atoms with Gasteiger partial charge in [-0.3, -0.25) is 9.59 Å². The summed E-state index contributed by atoms with van der Waals surface area (Å²) >= 11 is 0. The second-order valence-corrected chi connectivity index (χ2v) is 4.46. The zero-order valence-electron chi connectivity index (χ0n) is 10.7. The number of primary amides is 1. The standard InChI is InChI=1S/C13H19N3O2/c1-9-4-3-5-10(6-9)8-16(2)13(18)11(14)7-12(15)17/h3-6,11H,7-8,14H2,1-2H3,(H2,15,17). The van der Waals surface area contributed by atoms with E-state index in [1.807, 2.05) is 31.2 Å². The predicted molar refractivity (Wildman–Crippen MR) is 69.4 cm³/mol. The van der Waals surface area contributed by atoms with Crippen molar-refractivity contribution in [2.24, 2.45) is 11.5 Å². The van der Waals surface area contributed by atoms with E-state index in [0.29, 0.717) is 6.54 Å². The molecule has 0 heterocycles. The summed E-state index contributed by atoms with van der Waals surface area (Å²) < 4.78 is 0. The monoisotopic (exact) mass is 249 g/mol. The van der Waals surface area contributed by atoms with Crippen LogP contribution in [0.25, 0.3) is 0 Å². The maximum absolute atomic E-state index is 11.9. The molecule has 5 nitrogen and oxygen atoms in total. The lowest BCUT2D eigenvalue weighted by molar-refractivity contribution is -0.133. The van der Waals surface area contributed by atoms with Crippen LogP contribution in [0.1, 0.15) is 17.5 Å². The van der Waals surface area contributed by atoms with E-state index in [1.54, 1.807) is 7.05 Å². The molecule has 98 valence electrons. The number of nitrogens with zero attached hydrogens (tertiary/aromatic N) is 1. The Bertz CT molecular complexity index is 446. The van der Waals surface area contributed by atoms with Gasteiger partial charge >= 0.3 is 0 Å². The van der Waals surface area contributed by atoms with E-state index >= 15 is 0 Å². The van der Waals surface area contributed by atoms with Crippen molar-refractivity contribution in [3.8, 4) is 0 Å². The van der Waals surface area contributed by atoms with Gasteiger partial charge in [-0.05, 0) is 12.5 Å². The Balaban J connectivity index is 2.62. The third kappa shape index (κ3) is 4.18. The summed E-state index contributed by atoms with van der Waals surface area (Å²) in [6, 6.07) is 7.01. The molecule has 1 atom stereocenters. The first-order valence-corrected chi connectivity index (χ1v) is 5.74. The largest absolute Gasteiger partial charge is 0.370 e. The molecule has 0 saturated carbocycles. The maximum Gasteiger partial charge on any atom is 0.240 e. The molecule has 0 fully saturated rings. The van der Waals surface area contributed by atoms with E-state index in [0.717, 1.165) is 11.1 Å².